The van der Waals surface area contributed by atoms with Crippen LogP contribution >= 0.6 is 0 Å². The van der Waals surface area contributed by atoms with Gasteiger partial charge in [-0.25, -0.2) is 4.79 Å². The van der Waals surface area contributed by atoms with Crippen LogP contribution in [0.15, 0.2) is 30.3 Å². The highest BCUT2D eigenvalue weighted by Gasteiger charge is 2.13. The second kappa shape index (κ2) is 10.3. The van der Waals surface area contributed by atoms with Crippen molar-refractivity contribution in [3.63, 3.8) is 0 Å². The molecule has 2 N–H and O–H groups in total. The van der Waals surface area contributed by atoms with Crippen molar-refractivity contribution in [2.45, 2.75) is 38.2 Å². The molecule has 134 valence electrons. The molecule has 0 saturated carbocycles. The Labute approximate surface area is 145 Å². The summed E-state index contributed by atoms with van der Waals surface area (Å²) in [6.07, 6.45) is 5.21. The van der Waals surface area contributed by atoms with Crippen LogP contribution in [-0.4, -0.2) is 60.7 Å². The summed E-state index contributed by atoms with van der Waals surface area (Å²) < 4.78 is 0. The minimum Gasteiger partial charge on any atom is -0.388 e. The average molecular weight is 333 g/mol. The van der Waals surface area contributed by atoms with Crippen molar-refractivity contribution in [1.29, 1.82) is 0 Å². The monoisotopic (exact) mass is 333 g/mol. The zero-order valence-corrected chi connectivity index (χ0v) is 14.8. The standard InChI is InChI=1S/C19H31N3O2/c1-21(15-11-18(23)17-9-5-4-6-10-17)19(24)20-12-16-22-13-7-2-3-8-14-22/h4-6,9-10,18,23H,2-3,7-8,11-16H2,1H3,(H,20,24). The van der Waals surface area contributed by atoms with E-state index in [1.54, 1.807) is 11.9 Å². The molecular formula is C19H31N3O2. The van der Waals surface area contributed by atoms with Crippen molar-refractivity contribution < 1.29 is 9.90 Å². The van der Waals surface area contributed by atoms with E-state index in [0.29, 0.717) is 19.5 Å². The number of carbonyl (C=O) groups is 1. The fourth-order valence-electron chi connectivity index (χ4n) is 3.08. The second-order valence-electron chi connectivity index (χ2n) is 6.62. The Kier molecular flexibility index (Phi) is 8.05. The summed E-state index contributed by atoms with van der Waals surface area (Å²) in [6, 6.07) is 9.51. The lowest BCUT2D eigenvalue weighted by molar-refractivity contribution is 0.149. The number of carbonyl (C=O) groups excluding carboxylic acids is 1. The molecule has 0 spiro atoms. The van der Waals surface area contributed by atoms with Crippen molar-refractivity contribution in [3.05, 3.63) is 35.9 Å². The van der Waals surface area contributed by atoms with Gasteiger partial charge in [-0.15, -0.1) is 0 Å². The number of likely N-dealkylation sites (tertiary alicyclic amines) is 1. The smallest absolute Gasteiger partial charge is 0.317 e. The van der Waals surface area contributed by atoms with Crippen molar-refractivity contribution >= 4 is 6.03 Å². The molecule has 0 aromatic heterocycles. The van der Waals surface area contributed by atoms with Crippen LogP contribution in [0, 0.1) is 0 Å². The van der Waals surface area contributed by atoms with Gasteiger partial charge in [0.1, 0.15) is 0 Å². The van der Waals surface area contributed by atoms with E-state index in [9.17, 15) is 9.90 Å². The highest BCUT2D eigenvalue weighted by molar-refractivity contribution is 5.73. The highest BCUT2D eigenvalue weighted by Crippen LogP contribution is 2.16. The van der Waals surface area contributed by atoms with Gasteiger partial charge >= 0.3 is 6.03 Å². The van der Waals surface area contributed by atoms with Crippen molar-refractivity contribution in [2.24, 2.45) is 0 Å². The van der Waals surface area contributed by atoms with Crippen molar-refractivity contribution in [1.82, 2.24) is 15.1 Å². The number of hydrogen-bond acceptors (Lipinski definition) is 3. The molecule has 2 rings (SSSR count). The molecule has 1 atom stereocenters. The van der Waals surface area contributed by atoms with Crippen LogP contribution in [0.2, 0.25) is 0 Å². The van der Waals surface area contributed by atoms with Gasteiger partial charge in [-0.05, 0) is 37.9 Å². The van der Waals surface area contributed by atoms with Crippen LogP contribution in [0.25, 0.3) is 0 Å². The SMILES string of the molecule is CN(CCC(O)c1ccccc1)C(=O)NCCN1CCCCCC1. The van der Waals surface area contributed by atoms with E-state index < -0.39 is 6.10 Å². The Hall–Kier alpha value is -1.59. The molecule has 1 saturated heterocycles. The number of rotatable bonds is 7. The van der Waals surface area contributed by atoms with Crippen LogP contribution in [0.1, 0.15) is 43.8 Å². The van der Waals surface area contributed by atoms with Crippen LogP contribution in [-0.2, 0) is 0 Å². The van der Waals surface area contributed by atoms with Crippen LogP contribution in [0.4, 0.5) is 4.79 Å². The molecular weight excluding hydrogens is 302 g/mol. The first-order valence-corrected chi connectivity index (χ1v) is 9.11. The molecule has 1 aromatic carbocycles. The van der Waals surface area contributed by atoms with Gasteiger partial charge in [0.15, 0.2) is 0 Å². The highest BCUT2D eigenvalue weighted by atomic mass is 16.3. The second-order valence-corrected chi connectivity index (χ2v) is 6.62. The van der Waals surface area contributed by atoms with Crippen molar-refractivity contribution in [2.75, 3.05) is 39.8 Å². The minimum absolute atomic E-state index is 0.0647. The van der Waals surface area contributed by atoms with E-state index in [2.05, 4.69) is 10.2 Å². The molecule has 5 heteroatoms. The van der Waals surface area contributed by atoms with Crippen LogP contribution < -0.4 is 5.32 Å². The minimum atomic E-state index is -0.529. The normalized spacial score (nSPS) is 17.1. The molecule has 24 heavy (non-hydrogen) atoms. The van der Waals surface area contributed by atoms with Gasteiger partial charge in [-0.3, -0.25) is 0 Å². The fraction of sp³-hybridized carbons (Fsp3) is 0.632. The van der Waals surface area contributed by atoms with Gasteiger partial charge in [-0.1, -0.05) is 43.2 Å². The van der Waals surface area contributed by atoms with Gasteiger partial charge in [0.25, 0.3) is 0 Å². The number of benzene rings is 1. The predicted molar refractivity (Wildman–Crippen MR) is 97.0 cm³/mol. The largest absolute Gasteiger partial charge is 0.388 e. The maximum absolute atomic E-state index is 12.1. The molecule has 1 aliphatic heterocycles. The van der Waals surface area contributed by atoms with E-state index in [4.69, 9.17) is 0 Å². The van der Waals surface area contributed by atoms with Gasteiger partial charge in [0.2, 0.25) is 0 Å². The number of aliphatic hydroxyl groups excluding tert-OH is 1. The first kappa shape index (κ1) is 18.7. The molecule has 1 aliphatic rings. The maximum Gasteiger partial charge on any atom is 0.317 e. The molecule has 1 unspecified atom stereocenters. The van der Waals surface area contributed by atoms with E-state index in [0.717, 1.165) is 25.2 Å². The summed E-state index contributed by atoms with van der Waals surface area (Å²) in [4.78, 5) is 16.2. The first-order valence-electron chi connectivity index (χ1n) is 9.11. The Morgan fingerprint density at radius 1 is 1.21 bits per heavy atom. The number of hydrogen-bond donors (Lipinski definition) is 2. The predicted octanol–water partition coefficient (Wildman–Crippen LogP) is 2.63. The lowest BCUT2D eigenvalue weighted by atomic mass is 10.1. The third kappa shape index (κ3) is 6.49. The molecule has 1 heterocycles. The van der Waals surface area contributed by atoms with Gasteiger partial charge < -0.3 is 20.2 Å². The van der Waals surface area contributed by atoms with E-state index >= 15 is 0 Å². The van der Waals surface area contributed by atoms with E-state index in [-0.39, 0.29) is 6.03 Å². The molecule has 5 nitrogen and oxygen atoms in total. The van der Waals surface area contributed by atoms with Gasteiger partial charge in [0, 0.05) is 26.7 Å². The fourth-order valence-corrected chi connectivity index (χ4v) is 3.08. The zero-order chi connectivity index (χ0) is 17.2. The summed E-state index contributed by atoms with van der Waals surface area (Å²) in [6.45, 7) is 4.44. The summed E-state index contributed by atoms with van der Waals surface area (Å²) in [5, 5.41) is 13.1. The number of urea groups is 1. The van der Waals surface area contributed by atoms with Gasteiger partial charge in [0.05, 0.1) is 6.10 Å². The van der Waals surface area contributed by atoms with E-state index in [1.807, 2.05) is 30.3 Å². The first-order chi connectivity index (χ1) is 11.7. The number of aliphatic hydroxyl groups is 1. The van der Waals surface area contributed by atoms with Crippen molar-refractivity contribution in [3.8, 4) is 0 Å². The Morgan fingerprint density at radius 2 is 1.88 bits per heavy atom. The number of nitrogens with zero attached hydrogens (tertiary/aromatic N) is 2. The average Bonchev–Trinajstić information content (AvgIpc) is 2.88. The molecule has 0 bridgehead atoms. The molecule has 1 fully saturated rings. The summed E-state index contributed by atoms with van der Waals surface area (Å²) in [7, 11) is 1.78. The summed E-state index contributed by atoms with van der Waals surface area (Å²) >= 11 is 0. The third-order valence-corrected chi connectivity index (χ3v) is 4.67. The third-order valence-electron chi connectivity index (χ3n) is 4.67. The van der Waals surface area contributed by atoms with Crippen LogP contribution in [0.3, 0.4) is 0 Å². The number of nitrogens with one attached hydrogen (secondary N) is 1. The quantitative estimate of drug-likeness (QED) is 0.806. The number of amides is 2. The van der Waals surface area contributed by atoms with E-state index in [1.165, 1.54) is 25.7 Å². The lowest BCUT2D eigenvalue weighted by Crippen LogP contribution is -2.42. The zero-order valence-electron chi connectivity index (χ0n) is 14.8. The van der Waals surface area contributed by atoms with Gasteiger partial charge in [-0.2, -0.15) is 0 Å². The molecule has 2 amide bonds. The maximum atomic E-state index is 12.1. The lowest BCUT2D eigenvalue weighted by Gasteiger charge is -2.22. The summed E-state index contributed by atoms with van der Waals surface area (Å²) in [5.74, 6) is 0. The Balaban J connectivity index is 1.62. The Morgan fingerprint density at radius 3 is 2.54 bits per heavy atom. The Bertz CT molecular complexity index is 473. The van der Waals surface area contributed by atoms with Crippen LogP contribution in [0.5, 0.6) is 0 Å². The molecule has 0 aliphatic carbocycles. The summed E-state index contributed by atoms with van der Waals surface area (Å²) in [5.41, 5.74) is 0.896. The molecule has 1 aromatic rings. The molecule has 0 radical (unpaired) electrons. The topological polar surface area (TPSA) is 55.8 Å².